The van der Waals surface area contributed by atoms with Crippen LogP contribution in [0.2, 0.25) is 0 Å². The molecule has 0 aliphatic carbocycles. The van der Waals surface area contributed by atoms with Gasteiger partial charge >= 0.3 is 0 Å². The van der Waals surface area contributed by atoms with E-state index in [2.05, 4.69) is 17.3 Å². The van der Waals surface area contributed by atoms with Gasteiger partial charge < -0.3 is 20.7 Å². The van der Waals surface area contributed by atoms with E-state index in [1.165, 1.54) is 0 Å². The molecule has 114 valence electrons. The Labute approximate surface area is 130 Å². The molecule has 0 saturated carbocycles. The number of para-hydroxylation sites is 1. The summed E-state index contributed by atoms with van der Waals surface area (Å²) in [6.07, 6.45) is 2.12. The molecule has 1 atom stereocenters. The van der Waals surface area contributed by atoms with Gasteiger partial charge in [-0.2, -0.15) is 0 Å². The maximum absolute atomic E-state index is 12.0. The Hall–Kier alpha value is -1.66. The summed E-state index contributed by atoms with van der Waals surface area (Å²) < 4.78 is 5.54. The van der Waals surface area contributed by atoms with Crippen LogP contribution in [0.4, 0.5) is 0 Å². The summed E-state index contributed by atoms with van der Waals surface area (Å²) in [4.78, 5) is 14.4. The summed E-state index contributed by atoms with van der Waals surface area (Å²) in [5.41, 5.74) is 6.28. The highest BCUT2D eigenvalue weighted by Gasteiger charge is 2.19. The number of nitrogens with zero attached hydrogens (tertiary/aromatic N) is 1. The maximum atomic E-state index is 12.0. The minimum Gasteiger partial charge on any atom is -0.483 e. The lowest BCUT2D eigenvalue weighted by Crippen LogP contribution is -2.47. The zero-order valence-electron chi connectivity index (χ0n) is 12.2. The third-order valence-electron chi connectivity index (χ3n) is 3.50. The molecular formula is C15H21N3O2S. The zero-order valence-corrected chi connectivity index (χ0v) is 13.0. The van der Waals surface area contributed by atoms with Gasteiger partial charge in [0.1, 0.15) is 10.7 Å². The van der Waals surface area contributed by atoms with Crippen molar-refractivity contribution in [2.75, 3.05) is 26.7 Å². The van der Waals surface area contributed by atoms with Crippen LogP contribution >= 0.6 is 12.2 Å². The molecule has 0 aromatic heterocycles. The lowest BCUT2D eigenvalue weighted by molar-refractivity contribution is -0.124. The van der Waals surface area contributed by atoms with Crippen LogP contribution in [0.1, 0.15) is 18.4 Å². The van der Waals surface area contributed by atoms with E-state index < -0.39 is 0 Å². The SMILES string of the molecule is CN1CCCC(NC(=O)COc2ccccc2C(N)=S)C1. The summed E-state index contributed by atoms with van der Waals surface area (Å²) in [5, 5.41) is 3.00. The molecule has 1 aromatic carbocycles. The molecule has 21 heavy (non-hydrogen) atoms. The minimum absolute atomic E-state index is 0.0279. The quantitative estimate of drug-likeness (QED) is 0.792. The largest absolute Gasteiger partial charge is 0.483 e. The Balaban J connectivity index is 1.85. The molecule has 0 bridgehead atoms. The highest BCUT2D eigenvalue weighted by Crippen LogP contribution is 2.17. The summed E-state index contributed by atoms with van der Waals surface area (Å²) >= 11 is 4.96. The van der Waals surface area contributed by atoms with Crippen LogP contribution in [-0.2, 0) is 4.79 Å². The number of carbonyl (C=O) groups excluding carboxylic acids is 1. The van der Waals surface area contributed by atoms with Gasteiger partial charge in [-0.25, -0.2) is 0 Å². The van der Waals surface area contributed by atoms with E-state index in [9.17, 15) is 4.79 Å². The fourth-order valence-electron chi connectivity index (χ4n) is 2.49. The van der Waals surface area contributed by atoms with E-state index in [1.54, 1.807) is 12.1 Å². The first-order chi connectivity index (χ1) is 10.1. The van der Waals surface area contributed by atoms with E-state index in [-0.39, 0.29) is 23.5 Å². The number of carbonyl (C=O) groups is 1. The highest BCUT2D eigenvalue weighted by atomic mass is 32.1. The number of ether oxygens (including phenoxy) is 1. The fourth-order valence-corrected chi connectivity index (χ4v) is 2.66. The van der Waals surface area contributed by atoms with Gasteiger partial charge in [0.05, 0.1) is 5.56 Å². The Bertz CT molecular complexity index is 521. The van der Waals surface area contributed by atoms with E-state index in [4.69, 9.17) is 22.7 Å². The van der Waals surface area contributed by atoms with Gasteiger partial charge in [0.15, 0.2) is 6.61 Å². The molecular weight excluding hydrogens is 286 g/mol. The topological polar surface area (TPSA) is 67.6 Å². The molecule has 1 unspecified atom stereocenters. The first kappa shape index (κ1) is 15.7. The molecule has 0 radical (unpaired) electrons. The van der Waals surface area contributed by atoms with Crippen LogP contribution in [0, 0.1) is 0 Å². The van der Waals surface area contributed by atoms with Crippen molar-refractivity contribution in [3.05, 3.63) is 29.8 Å². The van der Waals surface area contributed by atoms with Gasteiger partial charge in [0.2, 0.25) is 0 Å². The number of nitrogens with one attached hydrogen (secondary N) is 1. The number of hydrogen-bond donors (Lipinski definition) is 2. The van der Waals surface area contributed by atoms with Crippen molar-refractivity contribution < 1.29 is 9.53 Å². The van der Waals surface area contributed by atoms with Crippen molar-refractivity contribution in [2.24, 2.45) is 5.73 Å². The average Bonchev–Trinajstić information content (AvgIpc) is 2.45. The molecule has 5 nitrogen and oxygen atoms in total. The molecule has 2 rings (SSSR count). The molecule has 6 heteroatoms. The fraction of sp³-hybridized carbons (Fsp3) is 0.467. The van der Waals surface area contributed by atoms with Gasteiger partial charge in [-0.15, -0.1) is 0 Å². The summed E-state index contributed by atoms with van der Waals surface area (Å²) in [6, 6.07) is 7.40. The normalized spacial score (nSPS) is 19.0. The molecule has 1 heterocycles. The number of nitrogens with two attached hydrogens (primary N) is 1. The van der Waals surface area contributed by atoms with Crippen molar-refractivity contribution in [3.8, 4) is 5.75 Å². The van der Waals surface area contributed by atoms with E-state index in [0.717, 1.165) is 25.9 Å². The van der Waals surface area contributed by atoms with Crippen LogP contribution in [0.15, 0.2) is 24.3 Å². The third kappa shape index (κ3) is 4.68. The Morgan fingerprint density at radius 2 is 2.29 bits per heavy atom. The van der Waals surface area contributed by atoms with Crippen molar-refractivity contribution in [3.63, 3.8) is 0 Å². The third-order valence-corrected chi connectivity index (χ3v) is 3.72. The molecule has 1 fully saturated rings. The molecule has 1 aliphatic rings. The molecule has 1 aromatic rings. The standard InChI is InChI=1S/C15H21N3O2S/c1-18-8-4-5-11(9-18)17-14(19)10-20-13-7-3-2-6-12(13)15(16)21/h2-3,6-7,11H,4-5,8-10H2,1H3,(H2,16,21)(H,17,19). The highest BCUT2D eigenvalue weighted by molar-refractivity contribution is 7.80. The number of likely N-dealkylation sites (N-methyl/N-ethyl adjacent to an activating group) is 1. The number of thiocarbonyl (C=S) groups is 1. The first-order valence-corrected chi connectivity index (χ1v) is 7.46. The van der Waals surface area contributed by atoms with Crippen LogP contribution in [-0.4, -0.2) is 48.6 Å². The molecule has 1 aliphatic heterocycles. The number of amides is 1. The maximum Gasteiger partial charge on any atom is 0.258 e. The summed E-state index contributed by atoms with van der Waals surface area (Å²) in [6.45, 7) is 1.94. The van der Waals surface area contributed by atoms with Crippen LogP contribution in [0.25, 0.3) is 0 Å². The van der Waals surface area contributed by atoms with Crippen molar-refractivity contribution >= 4 is 23.1 Å². The number of rotatable bonds is 5. The number of benzene rings is 1. The average molecular weight is 307 g/mol. The number of piperidine rings is 1. The number of hydrogen-bond acceptors (Lipinski definition) is 4. The van der Waals surface area contributed by atoms with Gasteiger partial charge in [-0.1, -0.05) is 24.4 Å². The molecule has 1 saturated heterocycles. The van der Waals surface area contributed by atoms with Crippen LogP contribution in [0.5, 0.6) is 5.75 Å². The predicted octanol–water partition coefficient (Wildman–Crippen LogP) is 0.910. The lowest BCUT2D eigenvalue weighted by atomic mass is 10.1. The van der Waals surface area contributed by atoms with Gasteiger partial charge in [0.25, 0.3) is 5.91 Å². The second kappa shape index (κ2) is 7.38. The van der Waals surface area contributed by atoms with E-state index in [0.29, 0.717) is 11.3 Å². The lowest BCUT2D eigenvalue weighted by Gasteiger charge is -2.30. The van der Waals surface area contributed by atoms with E-state index in [1.807, 2.05) is 12.1 Å². The number of likely N-dealkylation sites (tertiary alicyclic amines) is 1. The van der Waals surface area contributed by atoms with Crippen molar-refractivity contribution in [2.45, 2.75) is 18.9 Å². The zero-order chi connectivity index (χ0) is 15.2. The summed E-state index contributed by atoms with van der Waals surface area (Å²) in [5.74, 6) is 0.425. The summed E-state index contributed by atoms with van der Waals surface area (Å²) in [7, 11) is 2.06. The van der Waals surface area contributed by atoms with Crippen LogP contribution < -0.4 is 15.8 Å². The molecule has 3 N–H and O–H groups in total. The van der Waals surface area contributed by atoms with Gasteiger partial charge in [-0.3, -0.25) is 4.79 Å². The van der Waals surface area contributed by atoms with Crippen molar-refractivity contribution in [1.82, 2.24) is 10.2 Å². The van der Waals surface area contributed by atoms with Crippen LogP contribution in [0.3, 0.4) is 0 Å². The predicted molar refractivity (Wildman–Crippen MR) is 86.5 cm³/mol. The second-order valence-corrected chi connectivity index (χ2v) is 5.76. The monoisotopic (exact) mass is 307 g/mol. The Morgan fingerprint density at radius 1 is 1.52 bits per heavy atom. The van der Waals surface area contributed by atoms with Crippen molar-refractivity contribution in [1.29, 1.82) is 0 Å². The second-order valence-electron chi connectivity index (χ2n) is 5.32. The smallest absolute Gasteiger partial charge is 0.258 e. The Morgan fingerprint density at radius 3 is 3.00 bits per heavy atom. The molecule has 1 amide bonds. The molecule has 0 spiro atoms. The van der Waals surface area contributed by atoms with Gasteiger partial charge in [0, 0.05) is 12.6 Å². The first-order valence-electron chi connectivity index (χ1n) is 7.06. The Kier molecular flexibility index (Phi) is 5.52. The van der Waals surface area contributed by atoms with E-state index >= 15 is 0 Å². The minimum atomic E-state index is -0.118. The van der Waals surface area contributed by atoms with Gasteiger partial charge in [-0.05, 0) is 38.6 Å².